The van der Waals surface area contributed by atoms with E-state index in [2.05, 4.69) is 10.6 Å². The van der Waals surface area contributed by atoms with Gasteiger partial charge in [-0.1, -0.05) is 6.07 Å². The van der Waals surface area contributed by atoms with Crippen molar-refractivity contribution in [2.75, 3.05) is 31.1 Å². The smallest absolute Gasteiger partial charge is 0.231 e. The Morgan fingerprint density at radius 3 is 2.46 bits per heavy atom. The van der Waals surface area contributed by atoms with Gasteiger partial charge in [0.15, 0.2) is 11.5 Å². The van der Waals surface area contributed by atoms with E-state index in [-0.39, 0.29) is 30.4 Å². The van der Waals surface area contributed by atoms with E-state index in [1.54, 1.807) is 0 Å². The molecule has 2 aliphatic rings. The van der Waals surface area contributed by atoms with Crippen LogP contribution >= 0.6 is 0 Å². The Labute approximate surface area is 163 Å². The predicted molar refractivity (Wildman–Crippen MR) is 105 cm³/mol. The fraction of sp³-hybridized carbons (Fsp3) is 0.333. The molecule has 1 heterocycles. The van der Waals surface area contributed by atoms with Crippen molar-refractivity contribution in [3.8, 4) is 11.5 Å². The van der Waals surface area contributed by atoms with Gasteiger partial charge in [-0.15, -0.1) is 0 Å². The van der Waals surface area contributed by atoms with E-state index in [1.807, 2.05) is 61.5 Å². The number of fused-ring (bicyclic) bond motifs is 1. The van der Waals surface area contributed by atoms with E-state index in [4.69, 9.17) is 9.47 Å². The molecule has 28 heavy (non-hydrogen) atoms. The maximum atomic E-state index is 12.4. The Hall–Kier alpha value is -3.22. The van der Waals surface area contributed by atoms with Gasteiger partial charge in [-0.05, 0) is 48.4 Å². The highest BCUT2D eigenvalue weighted by Gasteiger charge is 2.47. The van der Waals surface area contributed by atoms with Gasteiger partial charge in [0.2, 0.25) is 18.6 Å². The SMILES string of the molecule is CN(C)c1ccc(NC(=O)C2CC2C(=O)NCc2ccc3c(c2)OCO3)cc1. The third-order valence-corrected chi connectivity index (χ3v) is 5.02. The van der Waals surface area contributed by atoms with Crippen LogP contribution in [0.2, 0.25) is 0 Å². The Morgan fingerprint density at radius 1 is 1.00 bits per heavy atom. The van der Waals surface area contributed by atoms with Crippen LogP contribution in [-0.2, 0) is 16.1 Å². The van der Waals surface area contributed by atoms with Gasteiger partial charge in [0.05, 0.1) is 11.8 Å². The maximum absolute atomic E-state index is 12.4. The van der Waals surface area contributed by atoms with Gasteiger partial charge in [-0.3, -0.25) is 9.59 Å². The van der Waals surface area contributed by atoms with E-state index in [1.165, 1.54) is 0 Å². The molecule has 2 N–H and O–H groups in total. The van der Waals surface area contributed by atoms with Gasteiger partial charge >= 0.3 is 0 Å². The zero-order chi connectivity index (χ0) is 19.7. The molecule has 0 spiro atoms. The Balaban J connectivity index is 1.26. The van der Waals surface area contributed by atoms with E-state index in [0.29, 0.717) is 24.5 Å². The summed E-state index contributed by atoms with van der Waals surface area (Å²) in [5.74, 6) is 0.658. The molecule has 146 valence electrons. The second-order valence-electron chi connectivity index (χ2n) is 7.28. The molecule has 0 aromatic heterocycles. The monoisotopic (exact) mass is 381 g/mol. The summed E-state index contributed by atoms with van der Waals surface area (Å²) in [4.78, 5) is 26.7. The van der Waals surface area contributed by atoms with Crippen LogP contribution in [0.1, 0.15) is 12.0 Å². The Bertz CT molecular complexity index is 895. The number of benzene rings is 2. The van der Waals surface area contributed by atoms with Crippen molar-refractivity contribution >= 4 is 23.2 Å². The van der Waals surface area contributed by atoms with Crippen molar-refractivity contribution in [2.24, 2.45) is 11.8 Å². The highest BCUT2D eigenvalue weighted by Crippen LogP contribution is 2.40. The van der Waals surface area contributed by atoms with Gasteiger partial charge in [-0.25, -0.2) is 0 Å². The second-order valence-corrected chi connectivity index (χ2v) is 7.28. The largest absolute Gasteiger partial charge is 0.454 e. The number of carbonyl (C=O) groups excluding carboxylic acids is 2. The van der Waals surface area contributed by atoms with Crippen molar-refractivity contribution in [1.82, 2.24) is 5.32 Å². The summed E-state index contributed by atoms with van der Waals surface area (Å²) >= 11 is 0. The van der Waals surface area contributed by atoms with Crippen LogP contribution in [0.15, 0.2) is 42.5 Å². The molecule has 2 atom stereocenters. The number of ether oxygens (including phenoxy) is 2. The third-order valence-electron chi connectivity index (χ3n) is 5.02. The van der Waals surface area contributed by atoms with Crippen LogP contribution in [0.5, 0.6) is 11.5 Å². The summed E-state index contributed by atoms with van der Waals surface area (Å²) in [5.41, 5.74) is 2.73. The molecule has 2 aromatic rings. The Kier molecular flexibility index (Phi) is 4.81. The molecule has 7 nitrogen and oxygen atoms in total. The molecule has 0 bridgehead atoms. The number of hydrogen-bond acceptors (Lipinski definition) is 5. The number of carbonyl (C=O) groups is 2. The number of amides is 2. The van der Waals surface area contributed by atoms with Crippen LogP contribution in [0, 0.1) is 11.8 Å². The van der Waals surface area contributed by atoms with E-state index < -0.39 is 0 Å². The quantitative estimate of drug-likeness (QED) is 0.803. The highest BCUT2D eigenvalue weighted by atomic mass is 16.7. The molecule has 0 saturated heterocycles. The minimum absolute atomic E-state index is 0.0965. The van der Waals surface area contributed by atoms with Crippen LogP contribution in [-0.4, -0.2) is 32.7 Å². The molecular formula is C21H23N3O4. The van der Waals surface area contributed by atoms with Crippen molar-refractivity contribution in [1.29, 1.82) is 0 Å². The minimum atomic E-state index is -0.273. The molecule has 0 radical (unpaired) electrons. The summed E-state index contributed by atoms with van der Waals surface area (Å²) in [7, 11) is 3.93. The standard InChI is InChI=1S/C21H23N3O4/c1-24(2)15-6-4-14(5-7-15)23-21(26)17-10-16(17)20(25)22-11-13-3-8-18-19(9-13)28-12-27-18/h3-9,16-17H,10-12H2,1-2H3,(H,22,25)(H,23,26). The zero-order valence-electron chi connectivity index (χ0n) is 15.9. The van der Waals surface area contributed by atoms with Gasteiger partial charge in [-0.2, -0.15) is 0 Å². The van der Waals surface area contributed by atoms with Crippen LogP contribution in [0.3, 0.4) is 0 Å². The first-order valence-corrected chi connectivity index (χ1v) is 9.26. The molecule has 2 aromatic carbocycles. The molecule has 2 unspecified atom stereocenters. The molecule has 1 saturated carbocycles. The first kappa shape index (κ1) is 18.2. The van der Waals surface area contributed by atoms with Gasteiger partial charge < -0.3 is 25.0 Å². The van der Waals surface area contributed by atoms with Gasteiger partial charge in [0.1, 0.15) is 0 Å². The molecule has 2 amide bonds. The molecule has 1 aliphatic heterocycles. The molecule has 7 heteroatoms. The summed E-state index contributed by atoms with van der Waals surface area (Å²) in [6, 6.07) is 13.2. The van der Waals surface area contributed by atoms with E-state index in [0.717, 1.165) is 16.9 Å². The van der Waals surface area contributed by atoms with Crippen molar-refractivity contribution in [2.45, 2.75) is 13.0 Å². The van der Waals surface area contributed by atoms with Crippen LogP contribution < -0.4 is 25.0 Å². The molecule has 1 aliphatic carbocycles. The molecule has 4 rings (SSSR count). The average molecular weight is 381 g/mol. The minimum Gasteiger partial charge on any atom is -0.454 e. The van der Waals surface area contributed by atoms with Crippen molar-refractivity contribution in [3.63, 3.8) is 0 Å². The number of hydrogen-bond donors (Lipinski definition) is 2. The first-order valence-electron chi connectivity index (χ1n) is 9.26. The lowest BCUT2D eigenvalue weighted by Crippen LogP contribution is -2.27. The van der Waals surface area contributed by atoms with E-state index in [9.17, 15) is 9.59 Å². The summed E-state index contributed by atoms with van der Waals surface area (Å²) in [6.07, 6.45) is 0.578. The summed E-state index contributed by atoms with van der Waals surface area (Å²) < 4.78 is 10.6. The fourth-order valence-electron chi connectivity index (χ4n) is 3.22. The van der Waals surface area contributed by atoms with E-state index >= 15 is 0 Å². The topological polar surface area (TPSA) is 79.9 Å². The lowest BCUT2D eigenvalue weighted by molar-refractivity contribution is -0.125. The van der Waals surface area contributed by atoms with Gasteiger partial charge in [0.25, 0.3) is 0 Å². The normalized spacial score (nSPS) is 19.1. The predicted octanol–water partition coefficient (Wildman–Crippen LogP) is 2.37. The average Bonchev–Trinajstić information content (AvgIpc) is 3.37. The van der Waals surface area contributed by atoms with Gasteiger partial charge in [0, 0.05) is 32.0 Å². The number of nitrogens with one attached hydrogen (secondary N) is 2. The van der Waals surface area contributed by atoms with Crippen LogP contribution in [0.4, 0.5) is 11.4 Å². The number of anilines is 2. The Morgan fingerprint density at radius 2 is 1.71 bits per heavy atom. The number of rotatable bonds is 6. The lowest BCUT2D eigenvalue weighted by Gasteiger charge is -2.13. The molecular weight excluding hydrogens is 358 g/mol. The lowest BCUT2D eigenvalue weighted by atomic mass is 10.2. The third kappa shape index (κ3) is 3.88. The fourth-order valence-corrected chi connectivity index (χ4v) is 3.22. The second kappa shape index (κ2) is 7.42. The maximum Gasteiger partial charge on any atom is 0.231 e. The highest BCUT2D eigenvalue weighted by molar-refractivity contribution is 5.99. The zero-order valence-corrected chi connectivity index (χ0v) is 15.9. The first-order chi connectivity index (χ1) is 13.5. The molecule has 1 fully saturated rings. The van der Waals surface area contributed by atoms with Crippen molar-refractivity contribution < 1.29 is 19.1 Å². The summed E-state index contributed by atoms with van der Waals surface area (Å²) in [5, 5.41) is 5.79. The van der Waals surface area contributed by atoms with Crippen molar-refractivity contribution in [3.05, 3.63) is 48.0 Å². The summed E-state index contributed by atoms with van der Waals surface area (Å²) in [6.45, 7) is 0.619. The van der Waals surface area contributed by atoms with Crippen LogP contribution in [0.25, 0.3) is 0 Å². The number of nitrogens with zero attached hydrogens (tertiary/aromatic N) is 1.